The number of hydrogen-bond donors (Lipinski definition) is 0. The number of benzene rings is 1. The van der Waals surface area contributed by atoms with Crippen LogP contribution in [0.3, 0.4) is 0 Å². The first-order valence-electron chi connectivity index (χ1n) is 5.53. The number of thioether (sulfide) groups is 1. The summed E-state index contributed by atoms with van der Waals surface area (Å²) in [5, 5.41) is 17.5. The lowest BCUT2D eigenvalue weighted by Crippen LogP contribution is -2.14. The minimum Gasteiger partial charge on any atom is -0.594 e. The van der Waals surface area contributed by atoms with Gasteiger partial charge in [0.25, 0.3) is 5.70 Å². The van der Waals surface area contributed by atoms with E-state index in [1.54, 1.807) is 12.3 Å². The Morgan fingerprint density at radius 3 is 2.56 bits per heavy atom. The fourth-order valence-electron chi connectivity index (χ4n) is 1.24. The zero-order valence-electron chi connectivity index (χ0n) is 10.7. The van der Waals surface area contributed by atoms with Gasteiger partial charge in [0.05, 0.1) is 5.56 Å². The zero-order valence-corrected chi connectivity index (χ0v) is 11.5. The molecule has 0 radical (unpaired) electrons. The van der Waals surface area contributed by atoms with E-state index >= 15 is 0 Å². The Balaban J connectivity index is 3.08. The predicted molar refractivity (Wildman–Crippen MR) is 74.1 cm³/mol. The molecule has 0 amide bonds. The summed E-state index contributed by atoms with van der Waals surface area (Å²) in [5.74, 6) is -0.132. The van der Waals surface area contributed by atoms with Crippen molar-refractivity contribution >= 4 is 23.2 Å². The van der Waals surface area contributed by atoms with Gasteiger partial charge in [0.2, 0.25) is 0 Å². The lowest BCUT2D eigenvalue weighted by molar-refractivity contribution is -0.435. The summed E-state index contributed by atoms with van der Waals surface area (Å²) in [6.07, 6.45) is 1.87. The molecule has 1 atom stereocenters. The molecule has 0 saturated heterocycles. The molecule has 0 spiro atoms. The summed E-state index contributed by atoms with van der Waals surface area (Å²) in [7, 11) is 0. The van der Waals surface area contributed by atoms with E-state index in [1.165, 1.54) is 18.7 Å². The van der Waals surface area contributed by atoms with Crippen LogP contribution in [0.2, 0.25) is 0 Å². The first-order chi connectivity index (χ1) is 8.56. The van der Waals surface area contributed by atoms with E-state index in [0.29, 0.717) is 10.6 Å². The highest BCUT2D eigenvalue weighted by atomic mass is 32.2. The van der Waals surface area contributed by atoms with Crippen LogP contribution in [0.5, 0.6) is 0 Å². The lowest BCUT2D eigenvalue weighted by atomic mass is 10.2. The molecule has 0 fully saturated rings. The Hall–Kier alpha value is -1.62. The van der Waals surface area contributed by atoms with Crippen LogP contribution >= 0.6 is 11.8 Å². The van der Waals surface area contributed by atoms with Gasteiger partial charge in [-0.25, -0.2) is 0 Å². The number of hydrogen-bond acceptors (Lipinski definition) is 4. The van der Waals surface area contributed by atoms with Crippen molar-refractivity contribution in [2.45, 2.75) is 19.9 Å². The molecule has 1 aromatic carbocycles. The van der Waals surface area contributed by atoms with Crippen molar-refractivity contribution in [3.8, 4) is 0 Å². The van der Waals surface area contributed by atoms with E-state index in [1.807, 2.05) is 36.6 Å². The molecule has 0 unspecified atom stereocenters. The van der Waals surface area contributed by atoms with Gasteiger partial charge < -0.3 is 5.21 Å². The number of carbonyl (C=O) groups is 1. The third kappa shape index (κ3) is 4.00. The summed E-state index contributed by atoms with van der Waals surface area (Å²) in [4.78, 5) is 11.6. The maximum atomic E-state index is 12.0. The van der Waals surface area contributed by atoms with Crippen molar-refractivity contribution in [3.63, 3.8) is 0 Å². The lowest BCUT2D eigenvalue weighted by Gasteiger charge is -2.06. The van der Waals surface area contributed by atoms with Crippen LogP contribution in [0.4, 0.5) is 0 Å². The molecule has 1 aromatic rings. The van der Waals surface area contributed by atoms with Crippen LogP contribution in [-0.2, 0) is 4.79 Å². The smallest absolute Gasteiger partial charge is 0.257 e. The topological polar surface area (TPSA) is 55.5 Å². The Morgan fingerprint density at radius 2 is 2.06 bits per heavy atom. The molecule has 0 aliphatic carbocycles. The maximum Gasteiger partial charge on any atom is 0.257 e. The van der Waals surface area contributed by atoms with Crippen molar-refractivity contribution in [1.82, 2.24) is 0 Å². The number of nitrogens with zero attached hydrogens (tertiary/aromatic N) is 2. The highest BCUT2D eigenvalue weighted by Crippen LogP contribution is 2.19. The standard InChI is InChI=1S/C13H16N2O2S/c1-10(11(2)16)14-15(17)13(9-18-3)12-7-5-4-6-8-12/h4-10H,1-3H3/b13-9-,15-14?/t10-/m0/s1. The molecule has 5 heteroatoms. The van der Waals surface area contributed by atoms with Crippen molar-refractivity contribution < 1.29 is 9.66 Å². The molecule has 0 saturated carbocycles. The highest BCUT2D eigenvalue weighted by molar-refractivity contribution is 8.01. The fourth-order valence-corrected chi connectivity index (χ4v) is 1.69. The molecule has 0 aliphatic rings. The number of carbonyl (C=O) groups excluding carboxylic acids is 1. The van der Waals surface area contributed by atoms with Crippen molar-refractivity contribution in [1.29, 1.82) is 0 Å². The third-order valence-corrected chi connectivity index (χ3v) is 2.83. The van der Waals surface area contributed by atoms with Gasteiger partial charge in [-0.05, 0) is 37.4 Å². The Labute approximate surface area is 111 Å². The molecular weight excluding hydrogens is 248 g/mol. The quantitative estimate of drug-likeness (QED) is 0.466. The normalized spacial score (nSPS) is 14.4. The molecule has 1 rings (SSSR count). The molecular formula is C13H16N2O2S. The van der Waals surface area contributed by atoms with Gasteiger partial charge in [-0.3, -0.25) is 4.79 Å². The van der Waals surface area contributed by atoms with Gasteiger partial charge in [-0.1, -0.05) is 23.1 Å². The van der Waals surface area contributed by atoms with Gasteiger partial charge >= 0.3 is 0 Å². The van der Waals surface area contributed by atoms with E-state index in [2.05, 4.69) is 5.11 Å². The molecule has 0 N–H and O–H groups in total. The second-order valence-corrected chi connectivity index (χ2v) is 4.49. The number of azo groups is 1. The number of rotatable bonds is 5. The minimum atomic E-state index is -0.628. The molecule has 0 heterocycles. The van der Waals surface area contributed by atoms with Crippen molar-refractivity contribution in [2.75, 3.05) is 6.26 Å². The fraction of sp³-hybridized carbons (Fsp3) is 0.308. The summed E-state index contributed by atoms with van der Waals surface area (Å²) in [6, 6.07) is 8.63. The van der Waals surface area contributed by atoms with Gasteiger partial charge in [0, 0.05) is 5.41 Å². The second-order valence-electron chi connectivity index (χ2n) is 3.78. The molecule has 96 valence electrons. The Kier molecular flexibility index (Phi) is 5.58. The van der Waals surface area contributed by atoms with Crippen molar-refractivity contribution in [3.05, 3.63) is 46.5 Å². The predicted octanol–water partition coefficient (Wildman–Crippen LogP) is 3.29. The van der Waals surface area contributed by atoms with E-state index in [0.717, 1.165) is 5.56 Å². The SMILES string of the molecule is CS/C=C(/c1ccccc1)[N+]([O-])=N[C@@H](C)C(C)=O. The number of hydroxylamine groups is 1. The van der Waals surface area contributed by atoms with E-state index in [-0.39, 0.29) is 5.78 Å². The van der Waals surface area contributed by atoms with E-state index in [9.17, 15) is 10.0 Å². The minimum absolute atomic E-state index is 0.132. The number of ketones is 1. The summed E-state index contributed by atoms with van der Waals surface area (Å²) in [5.41, 5.74) is 1.22. The van der Waals surface area contributed by atoms with Gasteiger partial charge in [0.15, 0.2) is 11.8 Å². The summed E-state index contributed by atoms with van der Waals surface area (Å²) >= 11 is 1.42. The highest BCUT2D eigenvalue weighted by Gasteiger charge is 2.15. The maximum absolute atomic E-state index is 12.0. The van der Waals surface area contributed by atoms with Crippen molar-refractivity contribution in [2.24, 2.45) is 5.11 Å². The Morgan fingerprint density at radius 1 is 1.44 bits per heavy atom. The second kappa shape index (κ2) is 6.96. The van der Waals surface area contributed by atoms with E-state index in [4.69, 9.17) is 0 Å². The van der Waals surface area contributed by atoms with E-state index < -0.39 is 6.04 Å². The zero-order chi connectivity index (χ0) is 13.5. The summed E-state index contributed by atoms with van der Waals surface area (Å²) < 4.78 is 0. The largest absolute Gasteiger partial charge is 0.594 e. The monoisotopic (exact) mass is 264 g/mol. The van der Waals surface area contributed by atoms with Crippen LogP contribution in [-0.4, -0.2) is 22.9 Å². The average molecular weight is 264 g/mol. The Bertz CT molecular complexity index is 469. The molecule has 0 aromatic heterocycles. The van der Waals surface area contributed by atoms with Crippen LogP contribution in [0, 0.1) is 5.21 Å². The molecule has 0 bridgehead atoms. The van der Waals surface area contributed by atoms with Gasteiger partial charge in [-0.15, -0.1) is 11.8 Å². The van der Waals surface area contributed by atoms with Gasteiger partial charge in [-0.2, -0.15) is 0 Å². The molecule has 4 nitrogen and oxygen atoms in total. The first-order valence-corrected chi connectivity index (χ1v) is 6.82. The van der Waals surface area contributed by atoms with Crippen LogP contribution < -0.4 is 0 Å². The molecule has 0 aliphatic heterocycles. The number of Topliss-reactive ketones (excluding diaryl/α,β-unsaturated/α-hetero) is 1. The van der Waals surface area contributed by atoms with Crippen LogP contribution in [0.15, 0.2) is 40.9 Å². The van der Waals surface area contributed by atoms with Crippen LogP contribution in [0.1, 0.15) is 19.4 Å². The summed E-state index contributed by atoms with van der Waals surface area (Å²) in [6.45, 7) is 3.03. The first kappa shape index (κ1) is 14.4. The third-order valence-electron chi connectivity index (χ3n) is 2.37. The van der Waals surface area contributed by atoms with Gasteiger partial charge in [0.1, 0.15) is 0 Å². The molecule has 18 heavy (non-hydrogen) atoms. The van der Waals surface area contributed by atoms with Crippen LogP contribution in [0.25, 0.3) is 5.70 Å². The average Bonchev–Trinajstić information content (AvgIpc) is 2.36.